The van der Waals surface area contributed by atoms with Crippen LogP contribution in [-0.2, 0) is 5.54 Å². The summed E-state index contributed by atoms with van der Waals surface area (Å²) in [6.07, 6.45) is 3.64. The molecule has 0 N–H and O–H groups in total. The fourth-order valence-electron chi connectivity index (χ4n) is 4.46. The molecule has 1 aromatic heterocycles. The third-order valence-corrected chi connectivity index (χ3v) is 6.09. The van der Waals surface area contributed by atoms with Gasteiger partial charge < -0.3 is 4.57 Å². The number of imidazole rings is 1. The van der Waals surface area contributed by atoms with Crippen LogP contribution >= 0.6 is 0 Å². The van der Waals surface area contributed by atoms with Crippen molar-refractivity contribution >= 4 is 5.78 Å². The molecule has 0 atom stereocenters. The van der Waals surface area contributed by atoms with Gasteiger partial charge in [0.05, 0.1) is 6.33 Å². The van der Waals surface area contributed by atoms with E-state index in [1.807, 2.05) is 92.0 Å². The average molecular weight is 429 g/mol. The molecule has 0 amide bonds. The molecule has 0 radical (unpaired) electrons. The molecule has 3 nitrogen and oxygen atoms in total. The van der Waals surface area contributed by atoms with Crippen LogP contribution in [0.3, 0.4) is 0 Å². The Hall–Kier alpha value is -4.24. The van der Waals surface area contributed by atoms with Gasteiger partial charge in [-0.1, -0.05) is 121 Å². The lowest BCUT2D eigenvalue weighted by molar-refractivity contribution is 0.103. The maximum absolute atomic E-state index is 13.2. The summed E-state index contributed by atoms with van der Waals surface area (Å²) in [5, 5.41) is 0. The third-order valence-electron chi connectivity index (χ3n) is 6.09. The number of hydrogen-bond donors (Lipinski definition) is 0. The van der Waals surface area contributed by atoms with Crippen LogP contribution in [0.25, 0.3) is 0 Å². The number of nitrogens with zero attached hydrogens (tertiary/aromatic N) is 2. The Kier molecular flexibility index (Phi) is 5.45. The number of rotatable bonds is 6. The first kappa shape index (κ1) is 20.7. The second-order valence-electron chi connectivity index (χ2n) is 8.17. The number of aromatic nitrogens is 2. The minimum atomic E-state index is -0.678. The predicted molar refractivity (Wildman–Crippen MR) is 131 cm³/mol. The van der Waals surface area contributed by atoms with Crippen LogP contribution < -0.4 is 0 Å². The fourth-order valence-corrected chi connectivity index (χ4v) is 4.46. The topological polar surface area (TPSA) is 34.9 Å². The van der Waals surface area contributed by atoms with Crippen LogP contribution in [0.1, 0.15) is 38.3 Å². The lowest BCUT2D eigenvalue weighted by Gasteiger charge is -2.37. The second-order valence-corrected chi connectivity index (χ2v) is 8.17. The fraction of sp³-hybridized carbons (Fsp3) is 0.0667. The Bertz CT molecular complexity index is 1260. The zero-order valence-corrected chi connectivity index (χ0v) is 18.4. The van der Waals surface area contributed by atoms with E-state index in [-0.39, 0.29) is 5.78 Å². The zero-order chi connectivity index (χ0) is 22.7. The molecule has 0 bridgehead atoms. The predicted octanol–water partition coefficient (Wildman–Crippen LogP) is 6.26. The van der Waals surface area contributed by atoms with Gasteiger partial charge in [0.2, 0.25) is 5.78 Å². The lowest BCUT2D eigenvalue weighted by Crippen LogP contribution is -2.37. The Morgan fingerprint density at radius 2 is 1.12 bits per heavy atom. The van der Waals surface area contributed by atoms with E-state index in [2.05, 4.69) is 45.9 Å². The molecule has 5 aromatic rings. The van der Waals surface area contributed by atoms with E-state index < -0.39 is 5.54 Å². The van der Waals surface area contributed by atoms with Gasteiger partial charge in [0.1, 0.15) is 11.2 Å². The largest absolute Gasteiger partial charge is 0.318 e. The van der Waals surface area contributed by atoms with Crippen molar-refractivity contribution in [2.75, 3.05) is 0 Å². The molecule has 0 aliphatic carbocycles. The van der Waals surface area contributed by atoms with Gasteiger partial charge in [0, 0.05) is 11.8 Å². The van der Waals surface area contributed by atoms with Crippen LogP contribution in [-0.4, -0.2) is 15.3 Å². The first-order chi connectivity index (χ1) is 16.2. The molecule has 0 saturated carbocycles. The molecule has 0 aliphatic heterocycles. The van der Waals surface area contributed by atoms with Gasteiger partial charge in [0.15, 0.2) is 0 Å². The molecule has 0 saturated heterocycles. The number of hydrogen-bond acceptors (Lipinski definition) is 2. The smallest absolute Gasteiger partial charge is 0.212 e. The quantitative estimate of drug-likeness (QED) is 0.236. The van der Waals surface area contributed by atoms with Crippen molar-refractivity contribution in [1.29, 1.82) is 0 Å². The molecule has 0 fully saturated rings. The summed E-state index contributed by atoms with van der Waals surface area (Å²) in [6.45, 7) is 2.01. The van der Waals surface area contributed by atoms with E-state index >= 15 is 0 Å². The van der Waals surface area contributed by atoms with Crippen LogP contribution in [0.4, 0.5) is 0 Å². The van der Waals surface area contributed by atoms with E-state index in [1.54, 1.807) is 6.33 Å². The second kappa shape index (κ2) is 8.71. The van der Waals surface area contributed by atoms with Crippen molar-refractivity contribution < 1.29 is 4.79 Å². The highest BCUT2D eigenvalue weighted by Gasteiger charge is 2.38. The number of ketones is 1. The molecule has 0 unspecified atom stereocenters. The first-order valence-electron chi connectivity index (χ1n) is 11.0. The van der Waals surface area contributed by atoms with E-state index in [0.717, 1.165) is 22.3 Å². The summed E-state index contributed by atoms with van der Waals surface area (Å²) >= 11 is 0. The molecule has 0 spiro atoms. The molecule has 1 heterocycles. The Morgan fingerprint density at radius 3 is 1.58 bits per heavy atom. The Balaban J connectivity index is 1.74. The van der Waals surface area contributed by atoms with Crippen LogP contribution in [0.5, 0.6) is 0 Å². The molecule has 4 aromatic carbocycles. The van der Waals surface area contributed by atoms with E-state index in [9.17, 15) is 4.79 Å². The van der Waals surface area contributed by atoms with Gasteiger partial charge in [-0.15, -0.1) is 0 Å². The SMILES string of the molecule is Cc1ccc(C(=O)c2cn(C(c3ccccc3)(c3ccccc3)c3ccccc3)cn2)cc1. The van der Waals surface area contributed by atoms with Crippen molar-refractivity contribution in [2.45, 2.75) is 12.5 Å². The van der Waals surface area contributed by atoms with Gasteiger partial charge in [-0.3, -0.25) is 4.79 Å². The highest BCUT2D eigenvalue weighted by atomic mass is 16.1. The molecule has 160 valence electrons. The van der Waals surface area contributed by atoms with Gasteiger partial charge in [0.25, 0.3) is 0 Å². The minimum Gasteiger partial charge on any atom is -0.318 e. The number of carbonyl (C=O) groups is 1. The molecular formula is C30H24N2O. The monoisotopic (exact) mass is 428 g/mol. The number of benzene rings is 4. The van der Waals surface area contributed by atoms with Crippen molar-refractivity contribution in [3.63, 3.8) is 0 Å². The summed E-state index contributed by atoms with van der Waals surface area (Å²) < 4.78 is 2.06. The summed E-state index contributed by atoms with van der Waals surface area (Å²) in [5.41, 5.74) is 4.77. The van der Waals surface area contributed by atoms with E-state index in [1.165, 1.54) is 0 Å². The maximum Gasteiger partial charge on any atom is 0.212 e. The summed E-state index contributed by atoms with van der Waals surface area (Å²) in [4.78, 5) is 17.8. The van der Waals surface area contributed by atoms with Crippen molar-refractivity contribution in [2.24, 2.45) is 0 Å². The van der Waals surface area contributed by atoms with Crippen molar-refractivity contribution in [3.8, 4) is 0 Å². The van der Waals surface area contributed by atoms with Crippen LogP contribution in [0, 0.1) is 6.92 Å². The minimum absolute atomic E-state index is 0.0863. The summed E-state index contributed by atoms with van der Waals surface area (Å²) in [5.74, 6) is -0.0863. The summed E-state index contributed by atoms with van der Waals surface area (Å²) in [6, 6.07) is 38.7. The first-order valence-corrected chi connectivity index (χ1v) is 11.0. The van der Waals surface area contributed by atoms with Crippen molar-refractivity contribution in [3.05, 3.63) is 161 Å². The van der Waals surface area contributed by atoms with Gasteiger partial charge in [-0.05, 0) is 23.6 Å². The molecule has 3 heteroatoms. The Labute approximate surface area is 194 Å². The van der Waals surface area contributed by atoms with Gasteiger partial charge in [-0.2, -0.15) is 0 Å². The average Bonchev–Trinajstić information content (AvgIpc) is 3.37. The zero-order valence-electron chi connectivity index (χ0n) is 18.4. The standard InChI is InChI=1S/C30H24N2O/c1-23-17-19-24(20-18-23)29(33)28-21-32(22-31-28)30(25-11-5-2-6-12-25,26-13-7-3-8-14-26)27-15-9-4-10-16-27/h2-22H,1H3. The molecule has 33 heavy (non-hydrogen) atoms. The van der Waals surface area contributed by atoms with E-state index in [4.69, 9.17) is 0 Å². The number of carbonyl (C=O) groups excluding carboxylic acids is 1. The lowest BCUT2D eigenvalue weighted by atomic mass is 9.77. The highest BCUT2D eigenvalue weighted by Crippen LogP contribution is 2.40. The summed E-state index contributed by atoms with van der Waals surface area (Å²) in [7, 11) is 0. The molecule has 5 rings (SSSR count). The third kappa shape index (κ3) is 3.68. The van der Waals surface area contributed by atoms with Gasteiger partial charge in [-0.25, -0.2) is 4.98 Å². The normalized spacial score (nSPS) is 11.3. The van der Waals surface area contributed by atoms with Crippen molar-refractivity contribution in [1.82, 2.24) is 9.55 Å². The van der Waals surface area contributed by atoms with E-state index in [0.29, 0.717) is 11.3 Å². The van der Waals surface area contributed by atoms with Crippen LogP contribution in [0.2, 0.25) is 0 Å². The molecular weight excluding hydrogens is 404 g/mol. The molecule has 0 aliphatic rings. The van der Waals surface area contributed by atoms with Gasteiger partial charge >= 0.3 is 0 Å². The highest BCUT2D eigenvalue weighted by molar-refractivity contribution is 6.07. The maximum atomic E-state index is 13.2. The van der Waals surface area contributed by atoms with Crippen LogP contribution in [0.15, 0.2) is 128 Å². The number of aryl methyl sites for hydroxylation is 1. The Morgan fingerprint density at radius 1 is 0.667 bits per heavy atom.